The molecule has 0 radical (unpaired) electrons. The lowest BCUT2D eigenvalue weighted by Crippen LogP contribution is -2.09. The molecule has 29 heavy (non-hydrogen) atoms. The van der Waals surface area contributed by atoms with E-state index in [0.29, 0.717) is 5.75 Å². The topological polar surface area (TPSA) is 46.5 Å². The lowest BCUT2D eigenvalue weighted by atomic mass is 9.98. The van der Waals surface area contributed by atoms with Gasteiger partial charge in [0.2, 0.25) is 0 Å². The highest BCUT2D eigenvalue weighted by atomic mass is 127. The molecule has 0 atom stereocenters. The van der Waals surface area contributed by atoms with E-state index in [4.69, 9.17) is 9.84 Å². The monoisotopic (exact) mass is 580 g/mol. The number of rotatable bonds is 8. The Labute approximate surface area is 196 Å². The number of halogens is 2. The predicted molar refractivity (Wildman–Crippen MR) is 131 cm³/mol. The molecule has 0 saturated carbocycles. The maximum Gasteiger partial charge on any atom is 0.341 e. The van der Waals surface area contributed by atoms with Crippen LogP contribution in [0.4, 0.5) is 0 Å². The van der Waals surface area contributed by atoms with Gasteiger partial charge >= 0.3 is 5.97 Å². The van der Waals surface area contributed by atoms with Gasteiger partial charge in [0, 0.05) is 14.2 Å². The number of benzene rings is 3. The Morgan fingerprint density at radius 1 is 1.03 bits per heavy atom. The van der Waals surface area contributed by atoms with Gasteiger partial charge in [-0.15, -0.1) is 11.8 Å². The summed E-state index contributed by atoms with van der Waals surface area (Å²) in [6.07, 6.45) is 2.24. The van der Waals surface area contributed by atoms with Crippen molar-refractivity contribution in [2.75, 3.05) is 12.4 Å². The van der Waals surface area contributed by atoms with Gasteiger partial charge in [0.25, 0.3) is 0 Å². The Morgan fingerprint density at radius 2 is 1.72 bits per heavy atom. The summed E-state index contributed by atoms with van der Waals surface area (Å²) in [5, 5.41) is 8.74. The number of thioether (sulfide) groups is 1. The van der Waals surface area contributed by atoms with Crippen molar-refractivity contribution >= 4 is 61.8 Å². The Morgan fingerprint density at radius 3 is 2.38 bits per heavy atom. The molecule has 3 rings (SSSR count). The minimum atomic E-state index is -0.996. The zero-order chi connectivity index (χ0) is 20.6. The zero-order valence-electron chi connectivity index (χ0n) is 15.3. The Bertz CT molecular complexity index is 1000. The van der Waals surface area contributed by atoms with Crippen molar-refractivity contribution in [3.63, 3.8) is 0 Å². The van der Waals surface area contributed by atoms with Gasteiger partial charge in [0.05, 0.1) is 4.47 Å². The van der Waals surface area contributed by atoms with E-state index in [2.05, 4.69) is 93.1 Å². The summed E-state index contributed by atoms with van der Waals surface area (Å²) in [5.74, 6) is 0.332. The van der Waals surface area contributed by atoms with E-state index < -0.39 is 5.97 Å². The van der Waals surface area contributed by atoms with Crippen LogP contribution < -0.4 is 4.74 Å². The van der Waals surface area contributed by atoms with Gasteiger partial charge in [-0.25, -0.2) is 4.79 Å². The van der Waals surface area contributed by atoms with Gasteiger partial charge in [0.1, 0.15) is 5.75 Å². The first kappa shape index (κ1) is 21.9. The smallest absolute Gasteiger partial charge is 0.341 e. The Balaban J connectivity index is 1.75. The summed E-state index contributed by atoms with van der Waals surface area (Å²) >= 11 is 7.47. The molecule has 0 aliphatic heterocycles. The number of hydrogen-bond donors (Lipinski definition) is 1. The summed E-state index contributed by atoms with van der Waals surface area (Å²) in [7, 11) is 0. The van der Waals surface area contributed by atoms with Crippen molar-refractivity contribution in [1.29, 1.82) is 0 Å². The fraction of sp³-hybridized carbons (Fsp3) is 0.0870. The van der Waals surface area contributed by atoms with Gasteiger partial charge in [-0.2, -0.15) is 0 Å². The Hall–Kier alpha value is -1.77. The van der Waals surface area contributed by atoms with E-state index in [9.17, 15) is 4.79 Å². The molecule has 0 saturated heterocycles. The molecule has 3 nitrogen and oxygen atoms in total. The number of carboxylic acids is 1. The first-order valence-electron chi connectivity index (χ1n) is 8.81. The molecule has 0 unspecified atom stereocenters. The molecule has 0 bridgehead atoms. The summed E-state index contributed by atoms with van der Waals surface area (Å²) in [5.41, 5.74) is 3.58. The van der Waals surface area contributed by atoms with Gasteiger partial charge in [-0.3, -0.25) is 0 Å². The van der Waals surface area contributed by atoms with Gasteiger partial charge in [-0.1, -0.05) is 48.5 Å². The third kappa shape index (κ3) is 6.62. The summed E-state index contributed by atoms with van der Waals surface area (Å²) < 4.78 is 7.21. The third-order valence-electron chi connectivity index (χ3n) is 4.03. The third-order valence-corrected chi connectivity index (χ3v) is 6.29. The summed E-state index contributed by atoms with van der Waals surface area (Å²) in [4.78, 5) is 11.7. The van der Waals surface area contributed by atoms with Crippen LogP contribution in [0.5, 0.6) is 5.75 Å². The van der Waals surface area contributed by atoms with Crippen LogP contribution in [0.25, 0.3) is 5.57 Å². The van der Waals surface area contributed by atoms with Gasteiger partial charge in [-0.05, 0) is 85.6 Å². The van der Waals surface area contributed by atoms with Crippen molar-refractivity contribution in [2.24, 2.45) is 0 Å². The van der Waals surface area contributed by atoms with E-state index in [-0.39, 0.29) is 6.61 Å². The summed E-state index contributed by atoms with van der Waals surface area (Å²) in [6.45, 7) is -0.357. The molecule has 0 heterocycles. The quantitative estimate of drug-likeness (QED) is 0.237. The van der Waals surface area contributed by atoms with Crippen LogP contribution >= 0.6 is 50.3 Å². The maximum atomic E-state index is 10.7. The minimum absolute atomic E-state index is 0.357. The lowest BCUT2D eigenvalue weighted by Gasteiger charge is -2.10. The molecule has 148 valence electrons. The van der Waals surface area contributed by atoms with Crippen molar-refractivity contribution in [2.45, 2.75) is 4.90 Å². The highest BCUT2D eigenvalue weighted by Gasteiger charge is 2.07. The maximum absolute atomic E-state index is 10.7. The fourth-order valence-corrected chi connectivity index (χ4v) is 4.51. The largest absolute Gasteiger partial charge is 0.481 e. The number of carbonyl (C=O) groups is 1. The SMILES string of the molecule is O=C(O)COc1ccc(SC/C=C(/c2ccccc2)c2ccc(I)cc2)cc1Br. The first-order valence-corrected chi connectivity index (χ1v) is 11.7. The molecule has 0 amide bonds. The molecular weight excluding hydrogens is 563 g/mol. The van der Waals surface area contributed by atoms with Crippen molar-refractivity contribution in [3.8, 4) is 5.75 Å². The minimum Gasteiger partial charge on any atom is -0.481 e. The van der Waals surface area contributed by atoms with E-state index in [1.807, 2.05) is 18.2 Å². The molecule has 0 aliphatic rings. The lowest BCUT2D eigenvalue weighted by molar-refractivity contribution is -0.139. The van der Waals surface area contributed by atoms with E-state index in [0.717, 1.165) is 15.1 Å². The number of hydrogen-bond acceptors (Lipinski definition) is 3. The van der Waals surface area contributed by atoms with E-state index >= 15 is 0 Å². The first-order chi connectivity index (χ1) is 14.0. The normalized spacial score (nSPS) is 11.3. The van der Waals surface area contributed by atoms with Crippen LogP contribution in [-0.2, 0) is 4.79 Å². The molecule has 0 aliphatic carbocycles. The molecule has 6 heteroatoms. The van der Waals surface area contributed by atoms with Crippen LogP contribution in [0.2, 0.25) is 0 Å². The molecule has 3 aromatic rings. The molecule has 1 N–H and O–H groups in total. The van der Waals surface area contributed by atoms with E-state index in [1.165, 1.54) is 20.3 Å². The van der Waals surface area contributed by atoms with Crippen molar-refractivity contribution < 1.29 is 14.6 Å². The Kier molecular flexibility index (Phi) is 8.20. The van der Waals surface area contributed by atoms with Gasteiger partial charge in [0.15, 0.2) is 6.61 Å². The molecule has 0 fully saturated rings. The van der Waals surface area contributed by atoms with Crippen molar-refractivity contribution in [1.82, 2.24) is 0 Å². The highest BCUT2D eigenvalue weighted by molar-refractivity contribution is 14.1. The second-order valence-electron chi connectivity index (χ2n) is 6.08. The second-order valence-corrected chi connectivity index (χ2v) is 9.27. The van der Waals surface area contributed by atoms with Crippen LogP contribution in [0.15, 0.2) is 88.2 Å². The highest BCUT2D eigenvalue weighted by Crippen LogP contribution is 2.31. The number of carboxylic acid groups (broad SMARTS) is 1. The number of aliphatic carboxylic acids is 1. The molecule has 0 aromatic heterocycles. The van der Waals surface area contributed by atoms with Gasteiger partial charge < -0.3 is 9.84 Å². The van der Waals surface area contributed by atoms with Crippen molar-refractivity contribution in [3.05, 3.63) is 98.0 Å². The second kappa shape index (κ2) is 10.8. The number of ether oxygens (including phenoxy) is 1. The average molecular weight is 581 g/mol. The molecule has 3 aromatic carbocycles. The molecular formula is C23H18BrIO3S. The zero-order valence-corrected chi connectivity index (χ0v) is 19.9. The predicted octanol–water partition coefficient (Wildman–Crippen LogP) is 6.74. The molecule has 0 spiro atoms. The van der Waals surface area contributed by atoms with E-state index in [1.54, 1.807) is 17.8 Å². The van der Waals surface area contributed by atoms with Crippen LogP contribution in [0, 0.1) is 3.57 Å². The van der Waals surface area contributed by atoms with Crippen LogP contribution in [0.3, 0.4) is 0 Å². The van der Waals surface area contributed by atoms with Crippen LogP contribution in [0.1, 0.15) is 11.1 Å². The standard InChI is InChI=1S/C23H18BrIO3S/c24-21-14-19(10-11-22(21)28-15-23(26)27)29-13-12-20(16-4-2-1-3-5-16)17-6-8-18(25)9-7-17/h1-12,14H,13,15H2,(H,26,27)/b20-12-. The average Bonchev–Trinajstić information content (AvgIpc) is 2.72. The summed E-state index contributed by atoms with van der Waals surface area (Å²) in [6, 6.07) is 24.6. The fourth-order valence-electron chi connectivity index (χ4n) is 2.70. The van der Waals surface area contributed by atoms with Crippen LogP contribution in [-0.4, -0.2) is 23.4 Å².